The summed E-state index contributed by atoms with van der Waals surface area (Å²) in [6.07, 6.45) is 1.29. The van der Waals surface area contributed by atoms with Gasteiger partial charge in [-0.1, -0.05) is 57.9 Å². The number of benzene rings is 2. The van der Waals surface area contributed by atoms with Crippen molar-refractivity contribution in [2.45, 2.75) is 17.7 Å². The highest BCUT2D eigenvalue weighted by molar-refractivity contribution is 9.09. The zero-order valence-corrected chi connectivity index (χ0v) is 13.0. The number of nitrogens with one attached hydrogen (secondary N) is 1. The van der Waals surface area contributed by atoms with E-state index in [0.717, 1.165) is 28.3 Å². The molecule has 1 aliphatic rings. The van der Waals surface area contributed by atoms with E-state index in [2.05, 4.69) is 27.3 Å². The van der Waals surface area contributed by atoms with Gasteiger partial charge in [0.15, 0.2) is 0 Å². The molecule has 0 fully saturated rings. The van der Waals surface area contributed by atoms with E-state index in [9.17, 15) is 4.79 Å². The molecule has 0 bridgehead atoms. The predicted octanol–water partition coefficient (Wildman–Crippen LogP) is 4.51. The Kier molecular flexibility index (Phi) is 3.81. The Bertz CT molecular complexity index is 671. The summed E-state index contributed by atoms with van der Waals surface area (Å²) in [5.41, 5.74) is 4.28. The van der Waals surface area contributed by atoms with Crippen molar-refractivity contribution in [3.8, 4) is 0 Å². The fourth-order valence-corrected chi connectivity index (χ4v) is 3.27. The van der Waals surface area contributed by atoms with E-state index in [1.165, 1.54) is 5.56 Å². The molecule has 4 heteroatoms. The summed E-state index contributed by atoms with van der Waals surface area (Å²) in [7, 11) is 0. The van der Waals surface area contributed by atoms with Gasteiger partial charge in [-0.3, -0.25) is 4.79 Å². The number of carbonyl (C=O) groups excluding carboxylic acids is 1. The van der Waals surface area contributed by atoms with Crippen LogP contribution in [0.4, 0.5) is 5.69 Å². The van der Waals surface area contributed by atoms with Crippen molar-refractivity contribution < 1.29 is 4.79 Å². The van der Waals surface area contributed by atoms with E-state index in [0.29, 0.717) is 6.42 Å². The van der Waals surface area contributed by atoms with Gasteiger partial charge in [-0.25, -0.2) is 0 Å². The van der Waals surface area contributed by atoms with Crippen LogP contribution in [0.15, 0.2) is 42.5 Å². The molecule has 1 N–H and O–H groups in total. The summed E-state index contributed by atoms with van der Waals surface area (Å²) < 4.78 is 0. The van der Waals surface area contributed by atoms with Crippen molar-refractivity contribution in [1.29, 1.82) is 0 Å². The molecule has 1 atom stereocenters. The largest absolute Gasteiger partial charge is 0.326 e. The maximum absolute atomic E-state index is 11.4. The number of amides is 1. The third-order valence-corrected chi connectivity index (χ3v) is 4.69. The first-order valence-electron chi connectivity index (χ1n) is 6.43. The molecule has 0 aromatic heterocycles. The molecule has 0 saturated heterocycles. The number of carbonyl (C=O) groups is 1. The maximum atomic E-state index is 11.4. The number of rotatable bonds is 3. The molecular weight excluding hydrogens is 338 g/mol. The zero-order chi connectivity index (χ0) is 14.1. The molecule has 1 unspecified atom stereocenters. The standard InChI is InChI=1S/C16H13BrClNO/c17-13(8-11-3-1-2-4-14(11)18)10-5-6-15-12(7-10)9-16(20)19-15/h1-7,13H,8-9H2,(H,19,20). The Morgan fingerprint density at radius 1 is 1.25 bits per heavy atom. The van der Waals surface area contributed by atoms with Crippen LogP contribution in [0.5, 0.6) is 0 Å². The molecule has 2 aromatic rings. The third kappa shape index (κ3) is 2.74. The van der Waals surface area contributed by atoms with E-state index in [4.69, 9.17) is 11.6 Å². The maximum Gasteiger partial charge on any atom is 0.228 e. The Morgan fingerprint density at radius 3 is 2.85 bits per heavy atom. The fourth-order valence-electron chi connectivity index (χ4n) is 2.42. The molecule has 0 radical (unpaired) electrons. The van der Waals surface area contributed by atoms with Gasteiger partial charge in [-0.15, -0.1) is 0 Å². The lowest BCUT2D eigenvalue weighted by atomic mass is 10.0. The molecule has 1 aliphatic heterocycles. The molecule has 1 heterocycles. The van der Waals surface area contributed by atoms with E-state index >= 15 is 0 Å². The van der Waals surface area contributed by atoms with Crippen LogP contribution in [0.25, 0.3) is 0 Å². The first-order chi connectivity index (χ1) is 9.63. The third-order valence-electron chi connectivity index (χ3n) is 3.47. The Morgan fingerprint density at radius 2 is 2.05 bits per heavy atom. The monoisotopic (exact) mass is 349 g/mol. The molecule has 20 heavy (non-hydrogen) atoms. The van der Waals surface area contributed by atoms with Crippen LogP contribution in [0.1, 0.15) is 21.5 Å². The number of hydrogen-bond acceptors (Lipinski definition) is 1. The van der Waals surface area contributed by atoms with Crippen LogP contribution in [-0.4, -0.2) is 5.91 Å². The van der Waals surface area contributed by atoms with Crippen LogP contribution >= 0.6 is 27.5 Å². The van der Waals surface area contributed by atoms with E-state index < -0.39 is 0 Å². The highest BCUT2D eigenvalue weighted by atomic mass is 79.9. The Hall–Kier alpha value is -1.32. The molecular formula is C16H13BrClNO. The lowest BCUT2D eigenvalue weighted by molar-refractivity contribution is -0.115. The van der Waals surface area contributed by atoms with E-state index in [1.54, 1.807) is 0 Å². The van der Waals surface area contributed by atoms with Crippen LogP contribution in [0.3, 0.4) is 0 Å². The van der Waals surface area contributed by atoms with Crippen LogP contribution < -0.4 is 5.32 Å². The van der Waals surface area contributed by atoms with Crippen molar-refractivity contribution >= 4 is 39.1 Å². The first-order valence-corrected chi connectivity index (χ1v) is 7.73. The molecule has 2 nitrogen and oxygen atoms in total. The van der Waals surface area contributed by atoms with E-state index in [1.807, 2.05) is 36.4 Å². The van der Waals surface area contributed by atoms with Crippen molar-refractivity contribution in [1.82, 2.24) is 0 Å². The molecule has 0 saturated carbocycles. The summed E-state index contributed by atoms with van der Waals surface area (Å²) in [5, 5.41) is 3.63. The second-order valence-electron chi connectivity index (χ2n) is 4.90. The van der Waals surface area contributed by atoms with Crippen molar-refractivity contribution in [2.24, 2.45) is 0 Å². The Labute approximate surface area is 131 Å². The Balaban J connectivity index is 1.82. The predicted molar refractivity (Wildman–Crippen MR) is 85.6 cm³/mol. The number of halogens is 2. The minimum Gasteiger partial charge on any atom is -0.326 e. The lowest BCUT2D eigenvalue weighted by Gasteiger charge is -2.12. The highest BCUT2D eigenvalue weighted by Gasteiger charge is 2.19. The van der Waals surface area contributed by atoms with Crippen molar-refractivity contribution in [2.75, 3.05) is 5.32 Å². The number of fused-ring (bicyclic) bond motifs is 1. The minimum atomic E-state index is 0.0642. The van der Waals surface area contributed by atoms with Gasteiger partial charge in [0, 0.05) is 15.5 Å². The summed E-state index contributed by atoms with van der Waals surface area (Å²) in [6, 6.07) is 14.0. The molecule has 1 amide bonds. The average Bonchev–Trinajstić information content (AvgIpc) is 2.80. The summed E-state index contributed by atoms with van der Waals surface area (Å²) in [5.74, 6) is 0.0642. The number of anilines is 1. The van der Waals surface area contributed by atoms with Crippen LogP contribution in [0, 0.1) is 0 Å². The summed E-state index contributed by atoms with van der Waals surface area (Å²) in [6.45, 7) is 0. The number of hydrogen-bond donors (Lipinski definition) is 1. The van der Waals surface area contributed by atoms with Crippen LogP contribution in [0.2, 0.25) is 5.02 Å². The van der Waals surface area contributed by atoms with Gasteiger partial charge in [-0.05, 0) is 35.2 Å². The SMILES string of the molecule is O=C1Cc2cc(C(Br)Cc3ccccc3Cl)ccc2N1. The van der Waals surface area contributed by atoms with Gasteiger partial charge < -0.3 is 5.32 Å². The average molecular weight is 351 g/mol. The highest BCUT2D eigenvalue weighted by Crippen LogP contribution is 2.33. The van der Waals surface area contributed by atoms with Gasteiger partial charge in [0.1, 0.15) is 0 Å². The van der Waals surface area contributed by atoms with Gasteiger partial charge in [0.25, 0.3) is 0 Å². The van der Waals surface area contributed by atoms with Crippen LogP contribution in [-0.2, 0) is 17.6 Å². The fraction of sp³-hybridized carbons (Fsp3) is 0.188. The summed E-state index contributed by atoms with van der Waals surface area (Å²) in [4.78, 5) is 11.6. The lowest BCUT2D eigenvalue weighted by Crippen LogP contribution is -2.03. The molecule has 0 aliphatic carbocycles. The molecule has 0 spiro atoms. The molecule has 3 rings (SSSR count). The van der Waals surface area contributed by atoms with Gasteiger partial charge in [-0.2, -0.15) is 0 Å². The molecule has 102 valence electrons. The first kappa shape index (κ1) is 13.7. The number of alkyl halides is 1. The summed E-state index contributed by atoms with van der Waals surface area (Å²) >= 11 is 9.91. The van der Waals surface area contributed by atoms with Gasteiger partial charge >= 0.3 is 0 Å². The second kappa shape index (κ2) is 5.58. The van der Waals surface area contributed by atoms with Gasteiger partial charge in [0.2, 0.25) is 5.91 Å². The molecule has 2 aromatic carbocycles. The second-order valence-corrected chi connectivity index (χ2v) is 6.42. The van der Waals surface area contributed by atoms with E-state index in [-0.39, 0.29) is 10.7 Å². The van der Waals surface area contributed by atoms with Crippen molar-refractivity contribution in [3.63, 3.8) is 0 Å². The topological polar surface area (TPSA) is 29.1 Å². The van der Waals surface area contributed by atoms with Crippen molar-refractivity contribution in [3.05, 3.63) is 64.2 Å². The van der Waals surface area contributed by atoms with Gasteiger partial charge in [0.05, 0.1) is 6.42 Å². The normalized spacial score (nSPS) is 14.8. The zero-order valence-electron chi connectivity index (χ0n) is 10.7. The smallest absolute Gasteiger partial charge is 0.228 e. The minimum absolute atomic E-state index is 0.0642. The quantitative estimate of drug-likeness (QED) is 0.811.